The predicted octanol–water partition coefficient (Wildman–Crippen LogP) is 4.07. The standard InChI is InChI=1S/C12H22N2S/c1-4-6-7-11(5-2)9-14-10(3)8-13-12(14)15/h8,11H,4-7,9H2,1-3H3,(H,13,15). The van der Waals surface area contributed by atoms with E-state index in [0.29, 0.717) is 0 Å². The zero-order valence-electron chi connectivity index (χ0n) is 10.0. The molecule has 15 heavy (non-hydrogen) atoms. The maximum atomic E-state index is 5.26. The van der Waals surface area contributed by atoms with Gasteiger partial charge < -0.3 is 9.55 Å². The number of aromatic amines is 1. The van der Waals surface area contributed by atoms with E-state index in [1.165, 1.54) is 31.4 Å². The lowest BCUT2D eigenvalue weighted by Crippen LogP contribution is -2.11. The number of aromatic nitrogens is 2. The van der Waals surface area contributed by atoms with Gasteiger partial charge in [-0.2, -0.15) is 0 Å². The van der Waals surface area contributed by atoms with Crippen molar-refractivity contribution in [1.29, 1.82) is 0 Å². The molecule has 1 atom stereocenters. The molecule has 0 saturated heterocycles. The van der Waals surface area contributed by atoms with E-state index < -0.39 is 0 Å². The number of rotatable bonds is 6. The third-order valence-corrected chi connectivity index (χ3v) is 3.40. The van der Waals surface area contributed by atoms with Crippen LogP contribution in [-0.4, -0.2) is 9.55 Å². The molecule has 0 bridgehead atoms. The first kappa shape index (κ1) is 12.5. The second kappa shape index (κ2) is 6.11. The van der Waals surface area contributed by atoms with E-state index in [4.69, 9.17) is 12.2 Å². The molecule has 2 nitrogen and oxygen atoms in total. The number of hydrogen-bond donors (Lipinski definition) is 1. The summed E-state index contributed by atoms with van der Waals surface area (Å²) in [5, 5.41) is 0. The van der Waals surface area contributed by atoms with Crippen molar-refractivity contribution >= 4 is 12.2 Å². The number of nitrogens with one attached hydrogen (secondary N) is 1. The molecule has 0 spiro atoms. The maximum Gasteiger partial charge on any atom is 0.177 e. The Kier molecular flexibility index (Phi) is 5.09. The van der Waals surface area contributed by atoms with Crippen LogP contribution in [0.15, 0.2) is 6.20 Å². The van der Waals surface area contributed by atoms with Crippen molar-refractivity contribution in [3.63, 3.8) is 0 Å². The fourth-order valence-corrected chi connectivity index (χ4v) is 2.16. The number of aryl methyl sites for hydroxylation is 1. The van der Waals surface area contributed by atoms with E-state index in [1.807, 2.05) is 6.20 Å². The molecule has 1 heterocycles. The highest BCUT2D eigenvalue weighted by Crippen LogP contribution is 2.16. The quantitative estimate of drug-likeness (QED) is 0.725. The molecular formula is C12H22N2S. The van der Waals surface area contributed by atoms with E-state index in [-0.39, 0.29) is 0 Å². The second-order valence-corrected chi connectivity index (χ2v) is 4.65. The van der Waals surface area contributed by atoms with Crippen LogP contribution in [0.2, 0.25) is 0 Å². The van der Waals surface area contributed by atoms with Gasteiger partial charge in [-0.25, -0.2) is 0 Å². The van der Waals surface area contributed by atoms with Gasteiger partial charge in [-0.3, -0.25) is 0 Å². The van der Waals surface area contributed by atoms with Crippen LogP contribution in [0.25, 0.3) is 0 Å². The molecule has 1 aromatic rings. The summed E-state index contributed by atoms with van der Waals surface area (Å²) in [7, 11) is 0. The van der Waals surface area contributed by atoms with Crippen LogP contribution in [0.1, 0.15) is 45.2 Å². The van der Waals surface area contributed by atoms with E-state index >= 15 is 0 Å². The zero-order chi connectivity index (χ0) is 11.3. The minimum atomic E-state index is 0.770. The molecule has 0 aliphatic heterocycles. The van der Waals surface area contributed by atoms with Gasteiger partial charge in [0.05, 0.1) is 0 Å². The highest BCUT2D eigenvalue weighted by Gasteiger charge is 2.08. The number of H-pyrrole nitrogens is 1. The Balaban J connectivity index is 2.62. The molecule has 1 unspecified atom stereocenters. The molecule has 1 aromatic heterocycles. The van der Waals surface area contributed by atoms with Gasteiger partial charge in [0.15, 0.2) is 4.77 Å². The summed E-state index contributed by atoms with van der Waals surface area (Å²) in [5.41, 5.74) is 1.25. The molecule has 86 valence electrons. The van der Waals surface area contributed by atoms with Gasteiger partial charge in [0.25, 0.3) is 0 Å². The summed E-state index contributed by atoms with van der Waals surface area (Å²) in [6, 6.07) is 0. The first-order valence-electron chi connectivity index (χ1n) is 5.93. The average Bonchev–Trinajstić information content (AvgIpc) is 2.55. The van der Waals surface area contributed by atoms with Crippen molar-refractivity contribution in [2.75, 3.05) is 0 Å². The van der Waals surface area contributed by atoms with Crippen molar-refractivity contribution in [3.05, 3.63) is 16.7 Å². The normalized spacial score (nSPS) is 13.0. The lowest BCUT2D eigenvalue weighted by atomic mass is 9.99. The van der Waals surface area contributed by atoms with Gasteiger partial charge in [0, 0.05) is 18.4 Å². The van der Waals surface area contributed by atoms with Gasteiger partial charge in [0.1, 0.15) is 0 Å². The monoisotopic (exact) mass is 226 g/mol. The van der Waals surface area contributed by atoms with Crippen LogP contribution in [0.3, 0.4) is 0 Å². The van der Waals surface area contributed by atoms with Gasteiger partial charge in [0.2, 0.25) is 0 Å². The van der Waals surface area contributed by atoms with Crippen molar-refractivity contribution in [1.82, 2.24) is 9.55 Å². The van der Waals surface area contributed by atoms with E-state index in [0.717, 1.165) is 17.2 Å². The van der Waals surface area contributed by atoms with Crippen LogP contribution in [0.5, 0.6) is 0 Å². The lowest BCUT2D eigenvalue weighted by molar-refractivity contribution is 0.385. The van der Waals surface area contributed by atoms with E-state index in [1.54, 1.807) is 0 Å². The number of nitrogens with zero attached hydrogens (tertiary/aromatic N) is 1. The van der Waals surface area contributed by atoms with Crippen LogP contribution in [0.4, 0.5) is 0 Å². The Bertz CT molecular complexity index is 338. The van der Waals surface area contributed by atoms with Crippen molar-refractivity contribution in [2.24, 2.45) is 5.92 Å². The van der Waals surface area contributed by atoms with Crippen molar-refractivity contribution in [2.45, 2.75) is 53.0 Å². The smallest absolute Gasteiger partial charge is 0.177 e. The molecule has 0 radical (unpaired) electrons. The molecule has 1 rings (SSSR count). The largest absolute Gasteiger partial charge is 0.337 e. The fourth-order valence-electron chi connectivity index (χ4n) is 1.88. The van der Waals surface area contributed by atoms with E-state index in [2.05, 4.69) is 30.3 Å². The molecule has 1 N–H and O–H groups in total. The Labute approximate surface area is 97.7 Å². The van der Waals surface area contributed by atoms with Gasteiger partial charge in [-0.1, -0.05) is 33.1 Å². The fraction of sp³-hybridized carbons (Fsp3) is 0.750. The Morgan fingerprint density at radius 2 is 2.20 bits per heavy atom. The number of imidazole rings is 1. The number of unbranched alkanes of at least 4 members (excludes halogenated alkanes) is 1. The van der Waals surface area contributed by atoms with Crippen molar-refractivity contribution < 1.29 is 0 Å². The summed E-state index contributed by atoms with van der Waals surface area (Å²) in [5.74, 6) is 0.770. The van der Waals surface area contributed by atoms with Crippen molar-refractivity contribution in [3.8, 4) is 0 Å². The van der Waals surface area contributed by atoms with Crippen LogP contribution >= 0.6 is 12.2 Å². The average molecular weight is 226 g/mol. The minimum absolute atomic E-state index is 0.770. The summed E-state index contributed by atoms with van der Waals surface area (Å²) in [6.07, 6.45) is 7.17. The molecule has 3 heteroatoms. The van der Waals surface area contributed by atoms with Crippen LogP contribution in [0, 0.1) is 17.6 Å². The molecule has 0 fully saturated rings. The lowest BCUT2D eigenvalue weighted by Gasteiger charge is -2.16. The van der Waals surface area contributed by atoms with Gasteiger partial charge in [-0.15, -0.1) is 0 Å². The highest BCUT2D eigenvalue weighted by molar-refractivity contribution is 7.71. The molecular weight excluding hydrogens is 204 g/mol. The summed E-state index contributed by atoms with van der Waals surface area (Å²) >= 11 is 5.26. The Morgan fingerprint density at radius 1 is 1.47 bits per heavy atom. The molecule has 0 aliphatic rings. The van der Waals surface area contributed by atoms with Gasteiger partial charge >= 0.3 is 0 Å². The summed E-state index contributed by atoms with van der Waals surface area (Å²) in [4.78, 5) is 3.10. The topological polar surface area (TPSA) is 20.7 Å². The van der Waals surface area contributed by atoms with Crippen LogP contribution < -0.4 is 0 Å². The first-order valence-corrected chi connectivity index (χ1v) is 6.34. The summed E-state index contributed by atoms with van der Waals surface area (Å²) in [6.45, 7) is 7.70. The Hall–Kier alpha value is -0.570. The second-order valence-electron chi connectivity index (χ2n) is 4.26. The molecule has 0 saturated carbocycles. The number of hydrogen-bond acceptors (Lipinski definition) is 1. The third-order valence-electron chi connectivity index (χ3n) is 3.06. The van der Waals surface area contributed by atoms with Gasteiger partial charge in [-0.05, 0) is 31.5 Å². The molecule has 0 aromatic carbocycles. The maximum absolute atomic E-state index is 5.26. The first-order chi connectivity index (χ1) is 7.19. The molecule has 0 amide bonds. The molecule has 0 aliphatic carbocycles. The third kappa shape index (κ3) is 3.49. The minimum Gasteiger partial charge on any atom is -0.337 e. The Morgan fingerprint density at radius 3 is 2.67 bits per heavy atom. The highest BCUT2D eigenvalue weighted by atomic mass is 32.1. The summed E-state index contributed by atoms with van der Waals surface area (Å²) < 4.78 is 3.08. The predicted molar refractivity (Wildman–Crippen MR) is 67.7 cm³/mol. The van der Waals surface area contributed by atoms with Crippen LogP contribution in [-0.2, 0) is 6.54 Å². The van der Waals surface area contributed by atoms with E-state index in [9.17, 15) is 0 Å². The SMILES string of the molecule is CCCCC(CC)Cn1c(C)c[nH]c1=S. The zero-order valence-corrected chi connectivity index (χ0v) is 10.9.